The number of nitrogens with two attached hydrogens (primary N) is 1. The summed E-state index contributed by atoms with van der Waals surface area (Å²) >= 11 is 7.09. The lowest BCUT2D eigenvalue weighted by Crippen LogP contribution is -2.48. The highest BCUT2D eigenvalue weighted by Crippen LogP contribution is 2.35. The Morgan fingerprint density at radius 3 is 2.45 bits per heavy atom. The van der Waals surface area contributed by atoms with Crippen LogP contribution < -0.4 is 5.73 Å². The van der Waals surface area contributed by atoms with Gasteiger partial charge in [-0.25, -0.2) is 0 Å². The molecule has 2 nitrogen and oxygen atoms in total. The molecule has 0 saturated carbocycles. The van der Waals surface area contributed by atoms with E-state index in [0.717, 1.165) is 32.5 Å². The van der Waals surface area contributed by atoms with Crippen molar-refractivity contribution in [1.29, 1.82) is 0 Å². The van der Waals surface area contributed by atoms with Crippen LogP contribution in [-0.4, -0.2) is 34.0 Å². The van der Waals surface area contributed by atoms with Crippen LogP contribution in [0.5, 0.6) is 0 Å². The summed E-state index contributed by atoms with van der Waals surface area (Å²) in [5.74, 6) is 0. The molecule has 0 atom stereocenters. The average molecular weight is 309 g/mol. The third kappa shape index (κ3) is 3.35. The molecule has 0 aliphatic carbocycles. The molecule has 110 valence electrons. The highest BCUT2D eigenvalue weighted by atomic mass is 32.2. The molecule has 0 radical (unpaired) electrons. The maximum atomic E-state index is 5.94. The second-order valence-corrected chi connectivity index (χ2v) is 7.39. The Balaban J connectivity index is 1.97. The first-order valence-corrected chi connectivity index (χ1v) is 8.74. The number of aryl methyl sites for hydroxylation is 2. The first-order valence-electron chi connectivity index (χ1n) is 7.10. The molecule has 1 aliphatic heterocycles. The fourth-order valence-electron chi connectivity index (χ4n) is 2.78. The van der Waals surface area contributed by atoms with Crippen molar-refractivity contribution in [1.82, 2.24) is 4.90 Å². The molecule has 1 aliphatic rings. The largest absolute Gasteiger partial charge is 0.392 e. The summed E-state index contributed by atoms with van der Waals surface area (Å²) in [4.78, 5) is 3.19. The number of rotatable bonds is 4. The van der Waals surface area contributed by atoms with Crippen molar-refractivity contribution in [3.63, 3.8) is 0 Å². The van der Waals surface area contributed by atoms with E-state index in [-0.39, 0.29) is 4.75 Å². The maximum Gasteiger partial charge on any atom is 0.0891 e. The lowest BCUT2D eigenvalue weighted by Gasteiger charge is -2.40. The van der Waals surface area contributed by atoms with Gasteiger partial charge in [-0.1, -0.05) is 30.4 Å². The third-order valence-corrected chi connectivity index (χ3v) is 6.41. The molecule has 2 N–H and O–H groups in total. The van der Waals surface area contributed by atoms with Gasteiger partial charge in [0.05, 0.1) is 9.74 Å². The van der Waals surface area contributed by atoms with E-state index >= 15 is 0 Å². The summed E-state index contributed by atoms with van der Waals surface area (Å²) in [6.07, 6.45) is 4.25. The van der Waals surface area contributed by atoms with E-state index < -0.39 is 0 Å². The predicted octanol–water partition coefficient (Wildman–Crippen LogP) is 3.29. The minimum absolute atomic E-state index is 0.0228. The van der Waals surface area contributed by atoms with Crippen LogP contribution in [0.4, 0.5) is 0 Å². The van der Waals surface area contributed by atoms with Crippen LogP contribution in [0.15, 0.2) is 18.2 Å². The summed E-state index contributed by atoms with van der Waals surface area (Å²) in [6.45, 7) is 7.52. The molecule has 1 aromatic carbocycles. The summed E-state index contributed by atoms with van der Waals surface area (Å²) in [5.41, 5.74) is 10.1. The molecular formula is C16H24N2S2. The highest BCUT2D eigenvalue weighted by Gasteiger charge is 2.36. The molecule has 1 fully saturated rings. The van der Waals surface area contributed by atoms with Crippen LogP contribution in [0.3, 0.4) is 0 Å². The number of hydrogen-bond acceptors (Lipinski definition) is 3. The Kier molecular flexibility index (Phi) is 5.10. The minimum Gasteiger partial charge on any atom is -0.392 e. The summed E-state index contributed by atoms with van der Waals surface area (Å²) in [7, 11) is 0. The number of thiocarbonyl (C=S) groups is 1. The van der Waals surface area contributed by atoms with Gasteiger partial charge in [-0.2, -0.15) is 11.8 Å². The SMILES string of the molecule is CSC1(C(N)=S)CCN(Cc2ccc(C)c(C)c2)CC1. The van der Waals surface area contributed by atoms with Crippen LogP contribution in [-0.2, 0) is 6.54 Å². The van der Waals surface area contributed by atoms with E-state index in [1.54, 1.807) is 0 Å². The van der Waals surface area contributed by atoms with Crippen molar-refractivity contribution in [3.05, 3.63) is 34.9 Å². The van der Waals surface area contributed by atoms with Crippen LogP contribution >= 0.6 is 24.0 Å². The Hall–Kier alpha value is -0.580. The second kappa shape index (κ2) is 6.46. The average Bonchev–Trinajstić information content (AvgIpc) is 2.44. The zero-order valence-electron chi connectivity index (χ0n) is 12.6. The number of thioether (sulfide) groups is 1. The van der Waals surface area contributed by atoms with E-state index in [0.29, 0.717) is 4.99 Å². The van der Waals surface area contributed by atoms with Gasteiger partial charge in [-0.3, -0.25) is 4.90 Å². The normalized spacial score (nSPS) is 18.9. The summed E-state index contributed by atoms with van der Waals surface area (Å²) in [6, 6.07) is 6.77. The molecule has 1 aromatic rings. The van der Waals surface area contributed by atoms with Crippen LogP contribution in [0.25, 0.3) is 0 Å². The third-order valence-electron chi connectivity index (χ3n) is 4.48. The number of likely N-dealkylation sites (tertiary alicyclic amines) is 1. The fourth-order valence-corrected chi connectivity index (χ4v) is 4.03. The zero-order chi connectivity index (χ0) is 14.8. The van der Waals surface area contributed by atoms with Gasteiger partial charge in [0, 0.05) is 19.6 Å². The standard InChI is InChI=1S/C16H24N2S2/c1-12-4-5-14(10-13(12)2)11-18-8-6-16(20-3,7-9-18)15(17)19/h4-5,10H,6-9,11H2,1-3H3,(H2,17,19). The van der Waals surface area contributed by atoms with Crippen molar-refractivity contribution in [3.8, 4) is 0 Å². The molecule has 0 aromatic heterocycles. The van der Waals surface area contributed by atoms with Crippen molar-refractivity contribution < 1.29 is 0 Å². The molecule has 4 heteroatoms. The summed E-state index contributed by atoms with van der Waals surface area (Å²) < 4.78 is 0.0228. The van der Waals surface area contributed by atoms with Crippen LogP contribution in [0.2, 0.25) is 0 Å². The van der Waals surface area contributed by atoms with E-state index in [9.17, 15) is 0 Å². The topological polar surface area (TPSA) is 29.3 Å². The van der Waals surface area contributed by atoms with Crippen molar-refractivity contribution in [2.24, 2.45) is 5.73 Å². The quantitative estimate of drug-likeness (QED) is 0.864. The van der Waals surface area contributed by atoms with Crippen molar-refractivity contribution in [2.45, 2.75) is 38.0 Å². The Morgan fingerprint density at radius 1 is 1.30 bits per heavy atom. The molecule has 20 heavy (non-hydrogen) atoms. The number of nitrogens with zero attached hydrogens (tertiary/aromatic N) is 1. The Labute approximate surface area is 132 Å². The smallest absolute Gasteiger partial charge is 0.0891 e. The summed E-state index contributed by atoms with van der Waals surface area (Å²) in [5, 5.41) is 0. The molecule has 2 rings (SSSR count). The predicted molar refractivity (Wildman–Crippen MR) is 93.5 cm³/mol. The Bertz CT molecular complexity index is 491. The zero-order valence-corrected chi connectivity index (χ0v) is 14.2. The fraction of sp³-hybridized carbons (Fsp3) is 0.562. The van der Waals surface area contributed by atoms with Gasteiger partial charge < -0.3 is 5.73 Å². The Morgan fingerprint density at radius 2 is 1.95 bits per heavy atom. The van der Waals surface area contributed by atoms with Crippen molar-refractivity contribution in [2.75, 3.05) is 19.3 Å². The molecule has 0 amide bonds. The second-order valence-electron chi connectivity index (χ2n) is 5.76. The van der Waals surface area contributed by atoms with Gasteiger partial charge in [0.15, 0.2) is 0 Å². The van der Waals surface area contributed by atoms with Gasteiger partial charge in [-0.05, 0) is 49.6 Å². The number of benzene rings is 1. The van der Waals surface area contributed by atoms with Gasteiger partial charge in [0.2, 0.25) is 0 Å². The number of hydrogen-bond donors (Lipinski definition) is 1. The molecule has 0 spiro atoms. The maximum absolute atomic E-state index is 5.94. The molecule has 0 bridgehead atoms. The van der Waals surface area contributed by atoms with Gasteiger partial charge >= 0.3 is 0 Å². The van der Waals surface area contributed by atoms with Crippen LogP contribution in [0, 0.1) is 13.8 Å². The van der Waals surface area contributed by atoms with Crippen LogP contribution in [0.1, 0.15) is 29.5 Å². The lowest BCUT2D eigenvalue weighted by atomic mass is 9.95. The first-order chi connectivity index (χ1) is 9.47. The van der Waals surface area contributed by atoms with Crippen molar-refractivity contribution >= 4 is 29.0 Å². The molecule has 0 unspecified atom stereocenters. The van der Waals surface area contributed by atoms with Gasteiger partial charge in [0.25, 0.3) is 0 Å². The van der Waals surface area contributed by atoms with E-state index in [2.05, 4.69) is 43.2 Å². The molecular weight excluding hydrogens is 284 g/mol. The first kappa shape index (κ1) is 15.8. The van der Waals surface area contributed by atoms with Gasteiger partial charge in [-0.15, -0.1) is 0 Å². The monoisotopic (exact) mass is 308 g/mol. The van der Waals surface area contributed by atoms with E-state index in [4.69, 9.17) is 18.0 Å². The molecule has 1 heterocycles. The molecule has 1 saturated heterocycles. The lowest BCUT2D eigenvalue weighted by molar-refractivity contribution is 0.212. The van der Waals surface area contributed by atoms with Gasteiger partial charge in [0.1, 0.15) is 0 Å². The number of piperidine rings is 1. The van der Waals surface area contributed by atoms with E-state index in [1.807, 2.05) is 11.8 Å². The highest BCUT2D eigenvalue weighted by molar-refractivity contribution is 8.02. The van der Waals surface area contributed by atoms with E-state index in [1.165, 1.54) is 16.7 Å². The minimum atomic E-state index is 0.0228.